The molecule has 0 aliphatic heterocycles. The van der Waals surface area contributed by atoms with E-state index < -0.39 is 4.92 Å². The Morgan fingerprint density at radius 3 is 2.77 bits per heavy atom. The molecule has 0 aromatic heterocycles. The average molecular weight is 219 g/mol. The Morgan fingerprint density at radius 1 is 1.54 bits per heavy atom. The Balaban J connectivity index is 3.18. The van der Waals surface area contributed by atoms with Gasteiger partial charge in [0.05, 0.1) is 11.1 Å². The van der Waals surface area contributed by atoms with Crippen molar-refractivity contribution >= 4 is 35.3 Å². The molecule has 0 spiro atoms. The summed E-state index contributed by atoms with van der Waals surface area (Å²) in [7, 11) is 0. The van der Waals surface area contributed by atoms with Crippen LogP contribution in [-0.4, -0.2) is 11.1 Å². The van der Waals surface area contributed by atoms with Crippen LogP contribution in [0.1, 0.15) is 5.56 Å². The number of non-ortho nitro benzene ring substituents is 1. The van der Waals surface area contributed by atoms with Crippen molar-refractivity contribution < 1.29 is 4.92 Å². The largest absolute Gasteiger partial charge is 0.270 e. The minimum Gasteiger partial charge on any atom is -0.258 e. The van der Waals surface area contributed by atoms with Gasteiger partial charge in [-0.1, -0.05) is 11.6 Å². The van der Waals surface area contributed by atoms with Crippen molar-refractivity contribution in [2.45, 2.75) is 0 Å². The molecule has 0 fully saturated rings. The van der Waals surface area contributed by atoms with E-state index >= 15 is 0 Å². The lowest BCUT2D eigenvalue weighted by Crippen LogP contribution is -1.90. The first-order valence-electron chi connectivity index (χ1n) is 3.23. The predicted molar refractivity (Wildman–Crippen MR) is 51.6 cm³/mol. The molecule has 0 heterocycles. The molecule has 0 bridgehead atoms. The third-order valence-electron chi connectivity index (χ3n) is 1.38. The lowest BCUT2D eigenvalue weighted by molar-refractivity contribution is -0.384. The van der Waals surface area contributed by atoms with Crippen LogP contribution in [0.4, 0.5) is 5.69 Å². The van der Waals surface area contributed by atoms with Gasteiger partial charge in [0, 0.05) is 34.5 Å². The van der Waals surface area contributed by atoms with Crippen LogP contribution in [0.3, 0.4) is 0 Å². The summed E-state index contributed by atoms with van der Waals surface area (Å²) < 4.78 is 3.21. The Hall–Kier alpha value is -1.13. The highest BCUT2D eigenvalue weighted by Crippen LogP contribution is 2.20. The summed E-state index contributed by atoms with van der Waals surface area (Å²) in [5, 5.41) is 10.7. The van der Waals surface area contributed by atoms with E-state index in [-0.39, 0.29) is 5.69 Å². The number of nitro benzene ring substituents is 1. The van der Waals surface area contributed by atoms with Crippen LogP contribution in [0, 0.1) is 10.1 Å². The molecule has 68 valence electrons. The Bertz CT molecular complexity index is 366. The molecule has 0 unspecified atom stereocenters. The van der Waals surface area contributed by atoms with Crippen LogP contribution in [0.2, 0.25) is 5.02 Å². The number of hydrogen-bond donors (Lipinski definition) is 0. The van der Waals surface area contributed by atoms with Gasteiger partial charge in [-0.3, -0.25) is 10.1 Å². The zero-order valence-corrected chi connectivity index (χ0v) is 7.79. The molecule has 0 aliphatic rings. The van der Waals surface area contributed by atoms with Crippen molar-refractivity contribution in [2.24, 2.45) is 4.51 Å². The molecule has 6 heteroatoms. The van der Waals surface area contributed by atoms with Gasteiger partial charge in [-0.05, 0) is 6.07 Å². The standard InChI is InChI=1S/C7H4Cl2N2O2/c8-7-2-1-6(11(12)13)3-5(7)4-10-9/h1-4H. The van der Waals surface area contributed by atoms with Crippen molar-refractivity contribution in [3.05, 3.63) is 38.9 Å². The van der Waals surface area contributed by atoms with Crippen LogP contribution in [-0.2, 0) is 0 Å². The Morgan fingerprint density at radius 2 is 2.23 bits per heavy atom. The summed E-state index contributed by atoms with van der Waals surface area (Å²) in [6.45, 7) is 0. The summed E-state index contributed by atoms with van der Waals surface area (Å²) in [6.07, 6.45) is 1.25. The third-order valence-corrected chi connectivity index (χ3v) is 1.82. The summed E-state index contributed by atoms with van der Waals surface area (Å²) >= 11 is 10.8. The molecule has 1 aromatic carbocycles. The number of benzene rings is 1. The monoisotopic (exact) mass is 218 g/mol. The van der Waals surface area contributed by atoms with Gasteiger partial charge in [-0.2, -0.15) is 4.51 Å². The number of hydrogen-bond acceptors (Lipinski definition) is 3. The van der Waals surface area contributed by atoms with Gasteiger partial charge in [0.2, 0.25) is 0 Å². The van der Waals surface area contributed by atoms with E-state index in [1.165, 1.54) is 24.4 Å². The van der Waals surface area contributed by atoms with E-state index in [9.17, 15) is 10.1 Å². The minimum absolute atomic E-state index is 0.0454. The SMILES string of the molecule is O=[N+]([O-])c1ccc(Cl)c(C=NCl)c1. The zero-order chi connectivity index (χ0) is 9.84. The van der Waals surface area contributed by atoms with E-state index in [0.717, 1.165) is 0 Å². The first kappa shape index (κ1) is 9.95. The Labute approximate surface area is 84.1 Å². The minimum atomic E-state index is -0.512. The fourth-order valence-corrected chi connectivity index (χ4v) is 1.07. The lowest BCUT2D eigenvalue weighted by Gasteiger charge is -1.96. The Kier molecular flexibility index (Phi) is 3.22. The molecule has 0 atom stereocenters. The second-order valence-electron chi connectivity index (χ2n) is 2.19. The van der Waals surface area contributed by atoms with E-state index in [1.54, 1.807) is 0 Å². The van der Waals surface area contributed by atoms with E-state index in [1.807, 2.05) is 0 Å². The first-order chi connectivity index (χ1) is 6.15. The van der Waals surface area contributed by atoms with Gasteiger partial charge in [0.15, 0.2) is 0 Å². The van der Waals surface area contributed by atoms with Crippen LogP contribution in [0.5, 0.6) is 0 Å². The van der Waals surface area contributed by atoms with Crippen LogP contribution in [0.15, 0.2) is 22.7 Å². The van der Waals surface area contributed by atoms with Gasteiger partial charge in [-0.15, -0.1) is 0 Å². The van der Waals surface area contributed by atoms with E-state index in [0.29, 0.717) is 10.6 Å². The van der Waals surface area contributed by atoms with Crippen molar-refractivity contribution in [3.8, 4) is 0 Å². The highest BCUT2D eigenvalue weighted by atomic mass is 35.5. The number of rotatable bonds is 2. The normalized spacial score (nSPS) is 10.6. The molecular weight excluding hydrogens is 215 g/mol. The molecule has 0 amide bonds. The maximum atomic E-state index is 10.4. The fourth-order valence-electron chi connectivity index (χ4n) is 0.796. The smallest absolute Gasteiger partial charge is 0.258 e. The molecule has 0 saturated heterocycles. The van der Waals surface area contributed by atoms with E-state index in [4.69, 9.17) is 23.4 Å². The summed E-state index contributed by atoms with van der Waals surface area (Å²) in [5.41, 5.74) is 0.377. The summed E-state index contributed by atoms with van der Waals surface area (Å²) in [5.74, 6) is 0. The second kappa shape index (κ2) is 4.20. The first-order valence-corrected chi connectivity index (χ1v) is 3.95. The fraction of sp³-hybridized carbons (Fsp3) is 0. The molecule has 0 N–H and O–H groups in total. The van der Waals surface area contributed by atoms with Gasteiger partial charge < -0.3 is 0 Å². The van der Waals surface area contributed by atoms with Crippen LogP contribution < -0.4 is 0 Å². The summed E-state index contributed by atoms with van der Waals surface area (Å²) in [6, 6.07) is 4.04. The lowest BCUT2D eigenvalue weighted by atomic mass is 10.2. The van der Waals surface area contributed by atoms with Gasteiger partial charge >= 0.3 is 0 Å². The molecule has 13 heavy (non-hydrogen) atoms. The van der Waals surface area contributed by atoms with Gasteiger partial charge in [0.25, 0.3) is 5.69 Å². The maximum Gasteiger partial charge on any atom is 0.270 e. The third kappa shape index (κ3) is 2.40. The molecule has 1 aromatic rings. The highest BCUT2D eigenvalue weighted by Gasteiger charge is 2.07. The number of nitrogens with zero attached hydrogens (tertiary/aromatic N) is 2. The molecule has 0 radical (unpaired) electrons. The zero-order valence-electron chi connectivity index (χ0n) is 6.28. The maximum absolute atomic E-state index is 10.4. The van der Waals surface area contributed by atoms with Crippen LogP contribution in [0.25, 0.3) is 0 Å². The molecule has 4 nitrogen and oxygen atoms in total. The van der Waals surface area contributed by atoms with Crippen molar-refractivity contribution in [2.75, 3.05) is 0 Å². The topological polar surface area (TPSA) is 55.5 Å². The second-order valence-corrected chi connectivity index (χ2v) is 2.79. The van der Waals surface area contributed by atoms with Crippen LogP contribution >= 0.6 is 23.4 Å². The van der Waals surface area contributed by atoms with E-state index in [2.05, 4.69) is 4.51 Å². The average Bonchev–Trinajstić information content (AvgIpc) is 2.08. The van der Waals surface area contributed by atoms with Crippen molar-refractivity contribution in [3.63, 3.8) is 0 Å². The van der Waals surface area contributed by atoms with Crippen molar-refractivity contribution in [1.29, 1.82) is 0 Å². The summed E-state index contributed by atoms with van der Waals surface area (Å²) in [4.78, 5) is 9.84. The molecule has 1 rings (SSSR count). The molecule has 0 saturated carbocycles. The molecular formula is C7H4Cl2N2O2. The number of nitro groups is 1. The highest BCUT2D eigenvalue weighted by molar-refractivity contribution is 6.33. The quantitative estimate of drug-likeness (QED) is 0.436. The number of halogens is 2. The van der Waals surface area contributed by atoms with Crippen molar-refractivity contribution in [1.82, 2.24) is 0 Å². The predicted octanol–water partition coefficient (Wildman–Crippen LogP) is 2.82. The molecule has 0 aliphatic carbocycles. The van der Waals surface area contributed by atoms with Gasteiger partial charge in [-0.25, -0.2) is 0 Å². The van der Waals surface area contributed by atoms with Gasteiger partial charge in [0.1, 0.15) is 0 Å².